The van der Waals surface area contributed by atoms with Crippen molar-refractivity contribution in [3.05, 3.63) is 138 Å². The molecule has 4 aromatic rings. The van der Waals surface area contributed by atoms with Crippen molar-refractivity contribution in [3.63, 3.8) is 0 Å². The van der Waals surface area contributed by atoms with E-state index in [1.165, 1.54) is 10.4 Å². The van der Waals surface area contributed by atoms with Gasteiger partial charge in [0, 0.05) is 11.5 Å². The van der Waals surface area contributed by atoms with E-state index in [2.05, 4.69) is 108 Å². The molecule has 0 N–H and O–H groups in total. The molecule has 1 aliphatic heterocycles. The number of hydrogen-bond donors (Lipinski definition) is 0. The zero-order valence-electron chi connectivity index (χ0n) is 34.8. The Morgan fingerprint density at radius 3 is 2.05 bits per heavy atom. The van der Waals surface area contributed by atoms with E-state index in [0.717, 1.165) is 23.3 Å². The van der Waals surface area contributed by atoms with Gasteiger partial charge in [-0.2, -0.15) is 0 Å². The molecule has 3 saturated carbocycles. The van der Waals surface area contributed by atoms with E-state index >= 15 is 4.79 Å². The first-order valence-electron chi connectivity index (χ1n) is 21.0. The van der Waals surface area contributed by atoms with Gasteiger partial charge in [0.15, 0.2) is 11.9 Å². The fraction of sp³-hybridized carbons (Fsp3) is 0.440. The number of fused-ring (bicyclic) bond motifs is 3. The molecule has 1 heterocycles. The van der Waals surface area contributed by atoms with Gasteiger partial charge in [-0.15, -0.1) is 0 Å². The Bertz CT molecular complexity index is 2160. The van der Waals surface area contributed by atoms with Gasteiger partial charge in [0.1, 0.15) is 23.7 Å². The zero-order valence-corrected chi connectivity index (χ0v) is 35.8. The van der Waals surface area contributed by atoms with E-state index < -0.39 is 43.8 Å². The summed E-state index contributed by atoms with van der Waals surface area (Å²) in [7, 11) is -1.39. The monoisotopic (exact) mass is 796 g/mol. The molecule has 2 spiro atoms. The number of carbonyl (C=O) groups excluding carboxylic acids is 2. The average molecular weight is 797 g/mol. The number of allylic oxidation sites excluding steroid dienone is 1. The molecule has 8 heteroatoms. The first-order valence-corrected chi connectivity index (χ1v) is 22.9. The first-order chi connectivity index (χ1) is 27.8. The predicted molar refractivity (Wildman–Crippen MR) is 226 cm³/mol. The molecule has 4 fully saturated rings. The molecular weight excluding hydrogens is 741 g/mol. The molecule has 0 unspecified atom stereocenters. The molecule has 1 saturated heterocycles. The Morgan fingerprint density at radius 1 is 0.862 bits per heavy atom. The molecule has 5 aliphatic rings. The fourth-order valence-corrected chi connectivity index (χ4v) is 16.6. The van der Waals surface area contributed by atoms with Gasteiger partial charge in [-0.05, 0) is 87.7 Å². The number of carbonyl (C=O) groups is 2. The van der Waals surface area contributed by atoms with Crippen LogP contribution < -0.4 is 15.1 Å². The molecule has 4 aliphatic carbocycles. The molecule has 58 heavy (non-hydrogen) atoms. The Hall–Kier alpha value is -4.34. The maximum absolute atomic E-state index is 15.9. The lowest BCUT2D eigenvalue weighted by Crippen LogP contribution is -2.67. The van der Waals surface area contributed by atoms with Gasteiger partial charge in [-0.1, -0.05) is 139 Å². The number of ketones is 1. The summed E-state index contributed by atoms with van der Waals surface area (Å²) in [5.41, 5.74) is -0.113. The maximum Gasteiger partial charge on any atom is 0.338 e. The third kappa shape index (κ3) is 5.69. The zero-order chi connectivity index (χ0) is 40.7. The lowest BCUT2D eigenvalue weighted by Gasteiger charge is -2.49. The highest BCUT2D eigenvalue weighted by atomic mass is 28.4. The van der Waals surface area contributed by atoms with Crippen LogP contribution in [-0.2, 0) is 23.4 Å². The normalized spacial score (nSPS) is 32.2. The summed E-state index contributed by atoms with van der Waals surface area (Å²) in [6.45, 7) is 13.9. The molecule has 0 aromatic heterocycles. The Kier molecular flexibility index (Phi) is 9.55. The van der Waals surface area contributed by atoms with E-state index in [-0.39, 0.29) is 40.6 Å². The minimum atomic E-state index is -3.04. The van der Waals surface area contributed by atoms with E-state index in [9.17, 15) is 4.79 Å². The highest BCUT2D eigenvalue weighted by molar-refractivity contribution is 6.99. The fourth-order valence-electron chi connectivity index (χ4n) is 12.1. The summed E-state index contributed by atoms with van der Waals surface area (Å²) in [6, 6.07) is 38.1. The molecule has 2 bridgehead atoms. The van der Waals surface area contributed by atoms with Crippen LogP contribution in [0.25, 0.3) is 0 Å². The van der Waals surface area contributed by atoms with Gasteiger partial charge in [0.2, 0.25) is 0 Å². The van der Waals surface area contributed by atoms with Crippen molar-refractivity contribution in [1.29, 1.82) is 0 Å². The molecule has 9 atom stereocenters. The van der Waals surface area contributed by atoms with Gasteiger partial charge in [-0.3, -0.25) is 4.79 Å². The van der Waals surface area contributed by atoms with Crippen molar-refractivity contribution in [1.82, 2.24) is 0 Å². The van der Waals surface area contributed by atoms with Crippen molar-refractivity contribution in [3.8, 4) is 5.75 Å². The van der Waals surface area contributed by atoms with Crippen LogP contribution in [0.15, 0.2) is 127 Å². The standard InChI is InChI=1S/C50H56O7Si/c1-32-29-40-42(48(40,5)6)39-30-35(31-54-58(47(2,3)4,37-19-13-9-14-20-37)38-21-15-10-16-22-38)44-50(57-46(56-44)34-23-25-36(53-7)26-24-34)41(27-28-49(32,50)43(39)51)55-45(52)33-17-11-8-12-18-33/h8-26,30,32,39-42,44,46H,27-29,31H2,1-7H3/t32-,39+,40-,41+,42+,44-,46-,49+,50-/m1/s1. The summed E-state index contributed by atoms with van der Waals surface area (Å²) in [5.74, 6) is 0.651. The van der Waals surface area contributed by atoms with E-state index in [0.29, 0.717) is 24.3 Å². The third-order valence-electron chi connectivity index (χ3n) is 14.9. The summed E-state index contributed by atoms with van der Waals surface area (Å²) in [6.07, 6.45) is 1.84. The number of hydrogen-bond acceptors (Lipinski definition) is 7. The van der Waals surface area contributed by atoms with Crippen LogP contribution in [0.2, 0.25) is 5.04 Å². The van der Waals surface area contributed by atoms with Gasteiger partial charge in [0.25, 0.3) is 8.32 Å². The van der Waals surface area contributed by atoms with E-state index in [4.69, 9.17) is 23.4 Å². The average Bonchev–Trinajstić information content (AvgIpc) is 3.47. The van der Waals surface area contributed by atoms with Crippen LogP contribution in [0.4, 0.5) is 0 Å². The minimum absolute atomic E-state index is 0.00833. The van der Waals surface area contributed by atoms with Crippen molar-refractivity contribution in [2.45, 2.75) is 89.9 Å². The second-order valence-corrected chi connectivity index (χ2v) is 23.3. The quantitative estimate of drug-likeness (QED) is 0.0952. The van der Waals surface area contributed by atoms with Gasteiger partial charge >= 0.3 is 5.97 Å². The van der Waals surface area contributed by atoms with E-state index in [1.54, 1.807) is 19.2 Å². The second kappa shape index (κ2) is 14.1. The molecule has 0 amide bonds. The van der Waals surface area contributed by atoms with Crippen LogP contribution in [0.3, 0.4) is 0 Å². The SMILES string of the molecule is COc1ccc([C@@H]2O[C@@H]3C(CO[Si](c4ccccc4)(c4ccccc4)C(C)(C)C)=C[C@@H]4C(=O)[C@]5(CC[C@H](OC(=O)c6ccccc6)[C@@]35O2)[C@H](C)C[C@@H]2[C@H]4C2(C)C)cc1. The van der Waals surface area contributed by atoms with Crippen LogP contribution in [-0.4, -0.2) is 51.6 Å². The molecular formula is C50H56O7Si. The highest BCUT2D eigenvalue weighted by Crippen LogP contribution is 2.74. The molecule has 9 rings (SSSR count). The summed E-state index contributed by atoms with van der Waals surface area (Å²) < 4.78 is 34.7. The first kappa shape index (κ1) is 39.1. The van der Waals surface area contributed by atoms with Gasteiger partial charge in [0.05, 0.1) is 24.7 Å². The second-order valence-electron chi connectivity index (χ2n) is 19.0. The van der Waals surface area contributed by atoms with Crippen molar-refractivity contribution < 1.29 is 33.0 Å². The number of ether oxygens (including phenoxy) is 4. The number of esters is 1. The van der Waals surface area contributed by atoms with E-state index in [1.807, 2.05) is 42.5 Å². The third-order valence-corrected chi connectivity index (χ3v) is 19.9. The molecule has 7 nitrogen and oxygen atoms in total. The minimum Gasteiger partial charge on any atom is -0.497 e. The van der Waals surface area contributed by atoms with Gasteiger partial charge in [-0.25, -0.2) is 4.79 Å². The van der Waals surface area contributed by atoms with Crippen molar-refractivity contribution >= 4 is 30.4 Å². The lowest BCUT2D eigenvalue weighted by molar-refractivity contribution is -0.189. The lowest BCUT2D eigenvalue weighted by atomic mass is 9.59. The highest BCUT2D eigenvalue weighted by Gasteiger charge is 2.80. The predicted octanol–water partition coefficient (Wildman–Crippen LogP) is 8.87. The molecule has 0 radical (unpaired) electrons. The molecule has 302 valence electrons. The number of benzene rings is 4. The maximum atomic E-state index is 15.9. The van der Waals surface area contributed by atoms with Crippen molar-refractivity contribution in [2.24, 2.45) is 34.5 Å². The van der Waals surface area contributed by atoms with Crippen LogP contribution in [0, 0.1) is 34.5 Å². The largest absolute Gasteiger partial charge is 0.497 e. The Morgan fingerprint density at radius 2 is 1.47 bits per heavy atom. The van der Waals surface area contributed by atoms with Crippen LogP contribution in [0.5, 0.6) is 5.75 Å². The Balaban J connectivity index is 1.23. The van der Waals surface area contributed by atoms with Crippen molar-refractivity contribution in [2.75, 3.05) is 13.7 Å². The summed E-state index contributed by atoms with van der Waals surface area (Å²) in [4.78, 5) is 30.1. The number of Topliss-reactive ketones (excluding diaryl/α,β-unsaturated/α-hetero) is 1. The van der Waals surface area contributed by atoms with Gasteiger partial charge < -0.3 is 23.4 Å². The number of methoxy groups -OCH3 is 1. The summed E-state index contributed by atoms with van der Waals surface area (Å²) in [5, 5.41) is 2.07. The van der Waals surface area contributed by atoms with Crippen LogP contribution in [0.1, 0.15) is 83.0 Å². The Labute approximate surface area is 344 Å². The molecule has 4 aromatic carbocycles. The topological polar surface area (TPSA) is 80.3 Å². The number of rotatable bonds is 9. The van der Waals surface area contributed by atoms with Crippen LogP contribution >= 0.6 is 0 Å². The summed E-state index contributed by atoms with van der Waals surface area (Å²) >= 11 is 0. The smallest absolute Gasteiger partial charge is 0.338 e.